The summed E-state index contributed by atoms with van der Waals surface area (Å²) in [5, 5.41) is 2.63. The molecule has 0 bridgehead atoms. The molecule has 1 aliphatic rings. The molecule has 0 radical (unpaired) electrons. The van der Waals surface area contributed by atoms with Gasteiger partial charge in [0.05, 0.1) is 10.6 Å². The summed E-state index contributed by atoms with van der Waals surface area (Å²) >= 11 is 0. The van der Waals surface area contributed by atoms with Crippen LogP contribution in [0.5, 0.6) is 0 Å². The maximum atomic E-state index is 14.8. The van der Waals surface area contributed by atoms with Crippen LogP contribution in [-0.4, -0.2) is 57.6 Å². The highest BCUT2D eigenvalue weighted by atomic mass is 32.2. The van der Waals surface area contributed by atoms with Gasteiger partial charge in [-0.05, 0) is 53.6 Å². The van der Waals surface area contributed by atoms with Crippen LogP contribution in [0.25, 0.3) is 11.1 Å². The first-order valence-electron chi connectivity index (χ1n) is 11.8. The fraction of sp³-hybridized carbons (Fsp3) is 0.259. The second-order valence-corrected chi connectivity index (χ2v) is 10.8. The monoisotopic (exact) mass is 527 g/mol. The van der Waals surface area contributed by atoms with E-state index in [0.29, 0.717) is 48.7 Å². The molecule has 0 aromatic heterocycles. The van der Waals surface area contributed by atoms with Crippen molar-refractivity contribution in [2.75, 3.05) is 42.7 Å². The average Bonchev–Trinajstić information content (AvgIpc) is 2.88. The van der Waals surface area contributed by atoms with Crippen molar-refractivity contribution in [3.63, 3.8) is 0 Å². The Kier molecular flexibility index (Phi) is 7.58. The van der Waals surface area contributed by atoms with Gasteiger partial charge in [-0.25, -0.2) is 17.2 Å². The van der Waals surface area contributed by atoms with Crippen molar-refractivity contribution in [3.8, 4) is 11.1 Å². The highest BCUT2D eigenvalue weighted by Crippen LogP contribution is 2.29. The van der Waals surface area contributed by atoms with Gasteiger partial charge in [0.15, 0.2) is 9.84 Å². The molecule has 3 aromatic carbocycles. The number of benzene rings is 3. The number of amides is 2. The summed E-state index contributed by atoms with van der Waals surface area (Å²) < 4.78 is 52.6. The third-order valence-electron chi connectivity index (χ3n) is 6.26. The summed E-state index contributed by atoms with van der Waals surface area (Å²) in [6.07, 6.45) is 1.36. The van der Waals surface area contributed by atoms with Crippen LogP contribution < -0.4 is 10.2 Å². The molecule has 0 aliphatic carbocycles. The zero-order valence-corrected chi connectivity index (χ0v) is 21.3. The molecule has 0 saturated carbocycles. The first-order chi connectivity index (χ1) is 17.6. The molecule has 1 aliphatic heterocycles. The highest BCUT2D eigenvalue weighted by Gasteiger charge is 2.26. The molecule has 0 unspecified atom stereocenters. The fourth-order valence-corrected chi connectivity index (χ4v) is 4.87. The van der Waals surface area contributed by atoms with E-state index in [2.05, 4.69) is 5.32 Å². The Morgan fingerprint density at radius 1 is 0.919 bits per heavy atom. The topological polar surface area (TPSA) is 86.8 Å². The van der Waals surface area contributed by atoms with Gasteiger partial charge >= 0.3 is 0 Å². The quantitative estimate of drug-likeness (QED) is 0.515. The normalized spacial score (nSPS) is 13.9. The third-order valence-corrected chi connectivity index (χ3v) is 7.38. The molecular formula is C27H27F2N3O4S. The Morgan fingerprint density at radius 2 is 1.59 bits per heavy atom. The Bertz CT molecular complexity index is 1430. The highest BCUT2D eigenvalue weighted by molar-refractivity contribution is 7.90. The molecule has 1 fully saturated rings. The number of piperazine rings is 1. The number of anilines is 2. The number of carbonyl (C=O) groups excluding carboxylic acids is 2. The molecule has 1 saturated heterocycles. The predicted molar refractivity (Wildman–Crippen MR) is 138 cm³/mol. The Morgan fingerprint density at radius 3 is 2.19 bits per heavy atom. The minimum absolute atomic E-state index is 0.0117. The van der Waals surface area contributed by atoms with Crippen LogP contribution in [0.4, 0.5) is 20.2 Å². The van der Waals surface area contributed by atoms with E-state index in [-0.39, 0.29) is 28.7 Å². The van der Waals surface area contributed by atoms with Crippen LogP contribution >= 0.6 is 0 Å². The van der Waals surface area contributed by atoms with Crippen molar-refractivity contribution >= 4 is 33.0 Å². The minimum Gasteiger partial charge on any atom is -0.366 e. The summed E-state index contributed by atoms with van der Waals surface area (Å²) in [4.78, 5) is 28.5. The number of halogens is 2. The smallest absolute Gasteiger partial charge is 0.254 e. The van der Waals surface area contributed by atoms with Crippen LogP contribution in [-0.2, 0) is 14.6 Å². The van der Waals surface area contributed by atoms with E-state index in [1.54, 1.807) is 30.0 Å². The van der Waals surface area contributed by atoms with Crippen molar-refractivity contribution in [2.24, 2.45) is 0 Å². The molecule has 10 heteroatoms. The Balaban J connectivity index is 1.55. The number of carbonyl (C=O) groups is 2. The second-order valence-electron chi connectivity index (χ2n) is 8.83. The largest absolute Gasteiger partial charge is 0.366 e. The van der Waals surface area contributed by atoms with E-state index in [0.717, 1.165) is 6.26 Å². The summed E-state index contributed by atoms with van der Waals surface area (Å²) in [6, 6.07) is 14.5. The van der Waals surface area contributed by atoms with E-state index in [1.807, 2.05) is 4.90 Å². The van der Waals surface area contributed by atoms with E-state index in [1.165, 1.54) is 42.5 Å². The van der Waals surface area contributed by atoms with Gasteiger partial charge in [-0.15, -0.1) is 0 Å². The van der Waals surface area contributed by atoms with E-state index < -0.39 is 21.5 Å². The van der Waals surface area contributed by atoms with Gasteiger partial charge in [0.1, 0.15) is 11.6 Å². The van der Waals surface area contributed by atoms with Gasteiger partial charge in [-0.2, -0.15) is 0 Å². The predicted octanol–water partition coefficient (Wildman–Crippen LogP) is 4.35. The fourth-order valence-electron chi connectivity index (χ4n) is 4.22. The maximum Gasteiger partial charge on any atom is 0.254 e. The van der Waals surface area contributed by atoms with Gasteiger partial charge < -0.3 is 15.1 Å². The van der Waals surface area contributed by atoms with Crippen molar-refractivity contribution in [2.45, 2.75) is 18.2 Å². The number of hydrogen-bond donors (Lipinski definition) is 1. The third kappa shape index (κ3) is 5.96. The zero-order valence-electron chi connectivity index (χ0n) is 20.5. The molecule has 7 nitrogen and oxygen atoms in total. The second kappa shape index (κ2) is 10.7. The molecular weight excluding hydrogens is 500 g/mol. The van der Waals surface area contributed by atoms with Crippen LogP contribution in [0.1, 0.15) is 23.7 Å². The van der Waals surface area contributed by atoms with Crippen LogP contribution in [0.2, 0.25) is 0 Å². The van der Waals surface area contributed by atoms with Crippen LogP contribution in [0.15, 0.2) is 65.6 Å². The Labute approximate surface area is 214 Å². The lowest BCUT2D eigenvalue weighted by Gasteiger charge is -2.36. The first kappa shape index (κ1) is 26.3. The summed E-state index contributed by atoms with van der Waals surface area (Å²) in [5.74, 6) is -1.47. The van der Waals surface area contributed by atoms with E-state index >= 15 is 0 Å². The molecule has 194 valence electrons. The molecule has 1 N–H and O–H groups in total. The van der Waals surface area contributed by atoms with Gasteiger partial charge in [0.25, 0.3) is 5.91 Å². The van der Waals surface area contributed by atoms with Gasteiger partial charge in [0, 0.05) is 50.1 Å². The van der Waals surface area contributed by atoms with E-state index in [9.17, 15) is 26.8 Å². The number of rotatable bonds is 6. The molecule has 3 aromatic rings. The molecule has 2 amide bonds. The zero-order chi connectivity index (χ0) is 26.7. The standard InChI is InChI=1S/C27H27F2N3O4S/c1-3-26(33)30-20-8-11-25(24(29)16-20)31-12-14-32(15-13-31)27(34)23-17-21(37(2,35)36)9-10-22(23)18-4-6-19(28)7-5-18/h4-11,16-17H,3,12-15H2,1-2H3,(H,30,33). The average molecular weight is 528 g/mol. The van der Waals surface area contributed by atoms with Crippen molar-refractivity contribution in [3.05, 3.63) is 77.9 Å². The van der Waals surface area contributed by atoms with Crippen LogP contribution in [0, 0.1) is 11.6 Å². The van der Waals surface area contributed by atoms with Crippen molar-refractivity contribution in [1.82, 2.24) is 4.90 Å². The van der Waals surface area contributed by atoms with Gasteiger partial charge in [-0.1, -0.05) is 25.1 Å². The lowest BCUT2D eigenvalue weighted by atomic mass is 9.98. The number of hydrogen-bond acceptors (Lipinski definition) is 5. The number of nitrogens with zero attached hydrogens (tertiary/aromatic N) is 2. The SMILES string of the molecule is CCC(=O)Nc1ccc(N2CCN(C(=O)c3cc(S(C)(=O)=O)ccc3-c3ccc(F)cc3)CC2)c(F)c1. The van der Waals surface area contributed by atoms with Crippen molar-refractivity contribution in [1.29, 1.82) is 0 Å². The molecule has 0 atom stereocenters. The summed E-state index contributed by atoms with van der Waals surface area (Å²) in [7, 11) is -3.56. The Hall–Kier alpha value is -3.79. The molecule has 4 rings (SSSR count). The van der Waals surface area contributed by atoms with Gasteiger partial charge in [0.2, 0.25) is 5.91 Å². The number of nitrogens with one attached hydrogen (secondary N) is 1. The molecule has 0 spiro atoms. The van der Waals surface area contributed by atoms with Crippen molar-refractivity contribution < 1.29 is 26.8 Å². The minimum atomic E-state index is -3.56. The summed E-state index contributed by atoms with van der Waals surface area (Å²) in [6.45, 7) is 3.01. The van der Waals surface area contributed by atoms with Gasteiger partial charge in [-0.3, -0.25) is 9.59 Å². The van der Waals surface area contributed by atoms with E-state index in [4.69, 9.17) is 0 Å². The lowest BCUT2D eigenvalue weighted by molar-refractivity contribution is -0.115. The summed E-state index contributed by atoms with van der Waals surface area (Å²) in [5.41, 5.74) is 2.02. The first-order valence-corrected chi connectivity index (χ1v) is 13.7. The maximum absolute atomic E-state index is 14.8. The molecule has 1 heterocycles. The van der Waals surface area contributed by atoms with Crippen LogP contribution in [0.3, 0.4) is 0 Å². The number of sulfone groups is 1. The lowest BCUT2D eigenvalue weighted by Crippen LogP contribution is -2.49. The molecule has 37 heavy (non-hydrogen) atoms.